The van der Waals surface area contributed by atoms with E-state index < -0.39 is 0 Å². The molecule has 0 aliphatic carbocycles. The first-order chi connectivity index (χ1) is 11.7. The Bertz CT molecular complexity index is 651. The molecule has 6 nitrogen and oxygen atoms in total. The van der Waals surface area contributed by atoms with Crippen LogP contribution in [0.25, 0.3) is 0 Å². The summed E-state index contributed by atoms with van der Waals surface area (Å²) in [6.45, 7) is 4.80. The maximum Gasteiger partial charge on any atom is 0.191 e. The van der Waals surface area contributed by atoms with Crippen LogP contribution in [0.1, 0.15) is 24.1 Å². The summed E-state index contributed by atoms with van der Waals surface area (Å²) < 4.78 is 4.84. The Hall–Kier alpha value is -2.50. The average molecular weight is 327 g/mol. The predicted molar refractivity (Wildman–Crippen MR) is 96.3 cm³/mol. The molecule has 24 heavy (non-hydrogen) atoms. The van der Waals surface area contributed by atoms with Crippen LogP contribution in [0.2, 0.25) is 0 Å². The molecule has 1 aromatic carbocycles. The Balaban J connectivity index is 1.54. The van der Waals surface area contributed by atoms with E-state index >= 15 is 0 Å². The lowest BCUT2D eigenvalue weighted by atomic mass is 10.0. The number of guanidine groups is 1. The number of rotatable bonds is 4. The van der Waals surface area contributed by atoms with Crippen molar-refractivity contribution in [2.24, 2.45) is 4.99 Å². The smallest absolute Gasteiger partial charge is 0.191 e. The standard InChI is InChI=1S/C18H25N5O/c1-14-5-7-17(8-6-14)23-10-3-4-16(13-23)21-18(19-2)20-12-15-9-11-24-22-15/h5-9,11,16H,3-4,10,12-13H2,1-2H3,(H2,19,20,21). The summed E-state index contributed by atoms with van der Waals surface area (Å²) in [5, 5.41) is 10.7. The molecular weight excluding hydrogens is 302 g/mol. The quantitative estimate of drug-likeness (QED) is 0.666. The molecule has 0 saturated carbocycles. The topological polar surface area (TPSA) is 65.7 Å². The lowest BCUT2D eigenvalue weighted by Crippen LogP contribution is -2.51. The molecule has 0 radical (unpaired) electrons. The van der Waals surface area contributed by atoms with E-state index in [-0.39, 0.29) is 0 Å². The van der Waals surface area contributed by atoms with Crippen LogP contribution < -0.4 is 15.5 Å². The van der Waals surface area contributed by atoms with Gasteiger partial charge in [-0.05, 0) is 31.9 Å². The molecule has 2 N–H and O–H groups in total. The second kappa shape index (κ2) is 7.86. The zero-order chi connectivity index (χ0) is 16.8. The fourth-order valence-electron chi connectivity index (χ4n) is 2.98. The van der Waals surface area contributed by atoms with Crippen molar-refractivity contribution in [1.82, 2.24) is 15.8 Å². The number of hydrogen-bond acceptors (Lipinski definition) is 4. The molecule has 1 aliphatic rings. The van der Waals surface area contributed by atoms with Gasteiger partial charge in [-0.15, -0.1) is 0 Å². The SMILES string of the molecule is CN=C(NCc1ccon1)NC1CCCN(c2ccc(C)cc2)C1. The number of aliphatic imine (C=N–C) groups is 1. The molecule has 1 unspecified atom stereocenters. The van der Waals surface area contributed by atoms with Crippen LogP contribution in [-0.4, -0.2) is 37.3 Å². The molecule has 0 bridgehead atoms. The summed E-state index contributed by atoms with van der Waals surface area (Å²) in [7, 11) is 1.79. The highest BCUT2D eigenvalue weighted by molar-refractivity contribution is 5.80. The van der Waals surface area contributed by atoms with Gasteiger partial charge in [-0.1, -0.05) is 22.9 Å². The minimum Gasteiger partial charge on any atom is -0.369 e. The summed E-state index contributed by atoms with van der Waals surface area (Å²) in [5.41, 5.74) is 3.45. The van der Waals surface area contributed by atoms with E-state index in [1.54, 1.807) is 13.3 Å². The Kier molecular flexibility index (Phi) is 5.36. The van der Waals surface area contributed by atoms with Gasteiger partial charge >= 0.3 is 0 Å². The molecule has 3 rings (SSSR count). The van der Waals surface area contributed by atoms with Crippen molar-refractivity contribution in [3.8, 4) is 0 Å². The number of piperidine rings is 1. The molecule has 1 atom stereocenters. The molecule has 0 amide bonds. The van der Waals surface area contributed by atoms with Gasteiger partial charge in [-0.25, -0.2) is 0 Å². The number of aromatic nitrogens is 1. The average Bonchev–Trinajstić information content (AvgIpc) is 3.13. The summed E-state index contributed by atoms with van der Waals surface area (Å²) in [6, 6.07) is 11.0. The molecule has 2 heterocycles. The largest absolute Gasteiger partial charge is 0.369 e. The number of benzene rings is 1. The highest BCUT2D eigenvalue weighted by Crippen LogP contribution is 2.20. The molecule has 128 valence electrons. The van der Waals surface area contributed by atoms with E-state index in [1.807, 2.05) is 6.07 Å². The molecular formula is C18H25N5O. The van der Waals surface area contributed by atoms with Crippen LogP contribution in [0.5, 0.6) is 0 Å². The van der Waals surface area contributed by atoms with Crippen molar-refractivity contribution in [2.45, 2.75) is 32.4 Å². The first kappa shape index (κ1) is 16.4. The lowest BCUT2D eigenvalue weighted by Gasteiger charge is -2.35. The Morgan fingerprint density at radius 3 is 2.88 bits per heavy atom. The predicted octanol–water partition coefficient (Wildman–Crippen LogP) is 2.32. The third kappa shape index (κ3) is 4.28. The first-order valence-corrected chi connectivity index (χ1v) is 8.42. The third-order valence-corrected chi connectivity index (χ3v) is 4.31. The fraction of sp³-hybridized carbons (Fsp3) is 0.444. The molecule has 6 heteroatoms. The van der Waals surface area contributed by atoms with Crippen molar-refractivity contribution < 1.29 is 4.52 Å². The van der Waals surface area contributed by atoms with E-state index in [1.165, 1.54) is 17.7 Å². The van der Waals surface area contributed by atoms with Crippen molar-refractivity contribution in [1.29, 1.82) is 0 Å². The van der Waals surface area contributed by atoms with Crippen molar-refractivity contribution in [3.05, 3.63) is 47.9 Å². The summed E-state index contributed by atoms with van der Waals surface area (Å²) in [5.74, 6) is 0.800. The maximum atomic E-state index is 4.84. The van der Waals surface area contributed by atoms with Crippen molar-refractivity contribution >= 4 is 11.6 Å². The minimum absolute atomic E-state index is 0.378. The van der Waals surface area contributed by atoms with Gasteiger partial charge in [0.1, 0.15) is 12.0 Å². The summed E-state index contributed by atoms with van der Waals surface area (Å²) in [4.78, 5) is 6.74. The molecule has 1 aliphatic heterocycles. The second-order valence-corrected chi connectivity index (χ2v) is 6.18. The Morgan fingerprint density at radius 1 is 1.33 bits per heavy atom. The second-order valence-electron chi connectivity index (χ2n) is 6.18. The van der Waals surface area contributed by atoms with Crippen LogP contribution in [0.3, 0.4) is 0 Å². The fourth-order valence-corrected chi connectivity index (χ4v) is 2.98. The summed E-state index contributed by atoms with van der Waals surface area (Å²) >= 11 is 0. The van der Waals surface area contributed by atoms with E-state index in [4.69, 9.17) is 4.52 Å². The Morgan fingerprint density at radius 2 is 2.17 bits per heavy atom. The summed E-state index contributed by atoms with van der Waals surface area (Å²) in [6.07, 6.45) is 3.90. The number of anilines is 1. The molecule has 2 aromatic rings. The first-order valence-electron chi connectivity index (χ1n) is 8.42. The van der Waals surface area contributed by atoms with E-state index in [0.717, 1.165) is 31.2 Å². The Labute approximate surface area is 142 Å². The van der Waals surface area contributed by atoms with Gasteiger partial charge in [-0.2, -0.15) is 0 Å². The van der Waals surface area contributed by atoms with E-state index in [0.29, 0.717) is 12.6 Å². The van der Waals surface area contributed by atoms with Gasteiger partial charge in [0.25, 0.3) is 0 Å². The molecule has 1 fully saturated rings. The van der Waals surface area contributed by atoms with Crippen LogP contribution in [0.15, 0.2) is 46.1 Å². The number of hydrogen-bond donors (Lipinski definition) is 2. The van der Waals surface area contributed by atoms with Gasteiger partial charge in [0.05, 0.1) is 6.54 Å². The van der Waals surface area contributed by atoms with E-state index in [2.05, 4.69) is 56.9 Å². The van der Waals surface area contributed by atoms with Gasteiger partial charge in [0, 0.05) is 37.9 Å². The van der Waals surface area contributed by atoms with Crippen LogP contribution in [-0.2, 0) is 6.54 Å². The van der Waals surface area contributed by atoms with Gasteiger partial charge in [-0.3, -0.25) is 4.99 Å². The number of nitrogens with one attached hydrogen (secondary N) is 2. The zero-order valence-corrected chi connectivity index (χ0v) is 14.3. The minimum atomic E-state index is 0.378. The van der Waals surface area contributed by atoms with Crippen molar-refractivity contribution in [2.75, 3.05) is 25.0 Å². The van der Waals surface area contributed by atoms with E-state index in [9.17, 15) is 0 Å². The van der Waals surface area contributed by atoms with Crippen LogP contribution >= 0.6 is 0 Å². The number of nitrogens with zero attached hydrogens (tertiary/aromatic N) is 3. The molecule has 0 spiro atoms. The third-order valence-electron chi connectivity index (χ3n) is 4.31. The van der Waals surface area contributed by atoms with Gasteiger partial charge < -0.3 is 20.1 Å². The zero-order valence-electron chi connectivity index (χ0n) is 14.3. The molecule has 1 aromatic heterocycles. The molecule has 1 saturated heterocycles. The van der Waals surface area contributed by atoms with Crippen LogP contribution in [0, 0.1) is 6.92 Å². The highest BCUT2D eigenvalue weighted by Gasteiger charge is 2.21. The maximum absolute atomic E-state index is 4.84. The van der Waals surface area contributed by atoms with Crippen molar-refractivity contribution in [3.63, 3.8) is 0 Å². The lowest BCUT2D eigenvalue weighted by molar-refractivity contribution is 0.410. The van der Waals surface area contributed by atoms with Gasteiger partial charge in [0.15, 0.2) is 5.96 Å². The normalized spacial score (nSPS) is 18.5. The number of aryl methyl sites for hydroxylation is 1. The monoisotopic (exact) mass is 327 g/mol. The van der Waals surface area contributed by atoms with Crippen LogP contribution in [0.4, 0.5) is 5.69 Å². The highest BCUT2D eigenvalue weighted by atomic mass is 16.5. The van der Waals surface area contributed by atoms with Gasteiger partial charge in [0.2, 0.25) is 0 Å².